The van der Waals surface area contributed by atoms with Gasteiger partial charge in [0.15, 0.2) is 5.82 Å². The van der Waals surface area contributed by atoms with Crippen LogP contribution in [0, 0.1) is 0 Å². The van der Waals surface area contributed by atoms with Crippen LogP contribution < -0.4 is 0 Å². The summed E-state index contributed by atoms with van der Waals surface area (Å²) in [5, 5.41) is 13.4. The second-order valence-corrected chi connectivity index (χ2v) is 3.50. The molecule has 0 fully saturated rings. The molecule has 0 spiro atoms. The van der Waals surface area contributed by atoms with Crippen LogP contribution in [0.4, 0.5) is 0 Å². The van der Waals surface area contributed by atoms with E-state index < -0.39 is 0 Å². The Morgan fingerprint density at radius 3 is 3.12 bits per heavy atom. The van der Waals surface area contributed by atoms with E-state index >= 15 is 0 Å². The van der Waals surface area contributed by atoms with Gasteiger partial charge in [-0.3, -0.25) is 4.98 Å². The van der Waals surface area contributed by atoms with Crippen molar-refractivity contribution in [2.24, 2.45) is 0 Å². The molecule has 2 aromatic rings. The van der Waals surface area contributed by atoms with E-state index in [1.807, 2.05) is 0 Å². The molecular formula is C11H13N3O3. The van der Waals surface area contributed by atoms with Crippen LogP contribution in [0.1, 0.15) is 12.2 Å². The first-order valence-electron chi connectivity index (χ1n) is 5.26. The third kappa shape index (κ3) is 2.79. The van der Waals surface area contributed by atoms with Crippen molar-refractivity contribution in [3.8, 4) is 17.2 Å². The molecule has 6 nitrogen and oxygen atoms in total. The Morgan fingerprint density at radius 1 is 1.47 bits per heavy atom. The van der Waals surface area contributed by atoms with Crippen molar-refractivity contribution in [1.82, 2.24) is 15.1 Å². The van der Waals surface area contributed by atoms with Crippen LogP contribution in [-0.4, -0.2) is 33.9 Å². The molecule has 0 unspecified atom stereocenters. The first-order chi connectivity index (χ1) is 8.31. The lowest BCUT2D eigenvalue weighted by atomic mass is 10.2. The van der Waals surface area contributed by atoms with Crippen LogP contribution in [-0.2, 0) is 11.2 Å². The number of aromatic nitrogens is 3. The van der Waals surface area contributed by atoms with Crippen molar-refractivity contribution in [3.63, 3.8) is 0 Å². The molecule has 0 radical (unpaired) electrons. The van der Waals surface area contributed by atoms with Crippen LogP contribution in [0.5, 0.6) is 5.75 Å². The highest BCUT2D eigenvalue weighted by Gasteiger charge is 2.12. The number of hydrogen-bond acceptors (Lipinski definition) is 6. The van der Waals surface area contributed by atoms with E-state index in [2.05, 4.69) is 15.1 Å². The lowest BCUT2D eigenvalue weighted by Crippen LogP contribution is -1.94. The SMILES string of the molecule is COCCCc1noc(-c2ccncc2O)n1. The molecule has 2 aromatic heterocycles. The van der Waals surface area contributed by atoms with Gasteiger partial charge in [-0.2, -0.15) is 4.98 Å². The normalized spacial score (nSPS) is 10.6. The summed E-state index contributed by atoms with van der Waals surface area (Å²) < 4.78 is 10.0. The van der Waals surface area contributed by atoms with E-state index in [1.165, 1.54) is 6.20 Å². The maximum Gasteiger partial charge on any atom is 0.261 e. The fourth-order valence-electron chi connectivity index (χ4n) is 1.41. The largest absolute Gasteiger partial charge is 0.505 e. The zero-order valence-electron chi connectivity index (χ0n) is 9.46. The van der Waals surface area contributed by atoms with Crippen molar-refractivity contribution in [1.29, 1.82) is 0 Å². The standard InChI is InChI=1S/C11H13N3O3/c1-16-6-2-3-10-13-11(17-14-10)8-4-5-12-7-9(8)15/h4-5,7,15H,2-3,6H2,1H3. The highest BCUT2D eigenvalue weighted by atomic mass is 16.5. The maximum absolute atomic E-state index is 9.58. The van der Waals surface area contributed by atoms with Gasteiger partial charge in [0.25, 0.3) is 5.89 Å². The van der Waals surface area contributed by atoms with Crippen molar-refractivity contribution in [2.75, 3.05) is 13.7 Å². The van der Waals surface area contributed by atoms with Gasteiger partial charge in [-0.15, -0.1) is 0 Å². The molecule has 0 atom stereocenters. The predicted molar refractivity (Wildman–Crippen MR) is 59.4 cm³/mol. The van der Waals surface area contributed by atoms with Gasteiger partial charge in [0.05, 0.1) is 11.8 Å². The zero-order chi connectivity index (χ0) is 12.1. The summed E-state index contributed by atoms with van der Waals surface area (Å²) in [4.78, 5) is 7.97. The molecule has 90 valence electrons. The molecule has 0 saturated carbocycles. The molecule has 0 aromatic carbocycles. The zero-order valence-corrected chi connectivity index (χ0v) is 9.46. The van der Waals surface area contributed by atoms with Gasteiger partial charge in [-0.05, 0) is 12.5 Å². The van der Waals surface area contributed by atoms with Gasteiger partial charge in [0.1, 0.15) is 5.75 Å². The smallest absolute Gasteiger partial charge is 0.261 e. The number of rotatable bonds is 5. The molecular weight excluding hydrogens is 222 g/mol. The summed E-state index contributed by atoms with van der Waals surface area (Å²) in [5.74, 6) is 0.935. The van der Waals surface area contributed by atoms with Gasteiger partial charge in [0, 0.05) is 26.3 Å². The summed E-state index contributed by atoms with van der Waals surface area (Å²) in [5.41, 5.74) is 0.491. The molecule has 0 aliphatic heterocycles. The van der Waals surface area contributed by atoms with Crippen LogP contribution in [0.25, 0.3) is 11.5 Å². The molecule has 0 aliphatic carbocycles. The third-order valence-corrected chi connectivity index (χ3v) is 2.25. The Hall–Kier alpha value is -1.95. The lowest BCUT2D eigenvalue weighted by molar-refractivity contribution is 0.194. The Balaban J connectivity index is 2.10. The summed E-state index contributed by atoms with van der Waals surface area (Å²) in [7, 11) is 1.65. The second-order valence-electron chi connectivity index (χ2n) is 3.50. The Bertz CT molecular complexity index is 484. The highest BCUT2D eigenvalue weighted by molar-refractivity contribution is 5.60. The van der Waals surface area contributed by atoms with Crippen LogP contribution >= 0.6 is 0 Å². The Labute approximate surface area is 98.3 Å². The van der Waals surface area contributed by atoms with E-state index in [9.17, 15) is 5.11 Å². The van der Waals surface area contributed by atoms with Crippen LogP contribution in [0.3, 0.4) is 0 Å². The molecule has 6 heteroatoms. The minimum Gasteiger partial charge on any atom is -0.505 e. The van der Waals surface area contributed by atoms with Crippen molar-refractivity contribution >= 4 is 0 Å². The Morgan fingerprint density at radius 2 is 2.35 bits per heavy atom. The third-order valence-electron chi connectivity index (χ3n) is 2.25. The first kappa shape index (κ1) is 11.5. The number of nitrogens with zero attached hydrogens (tertiary/aromatic N) is 3. The van der Waals surface area contributed by atoms with Gasteiger partial charge < -0.3 is 14.4 Å². The van der Waals surface area contributed by atoms with E-state index in [0.717, 1.165) is 6.42 Å². The summed E-state index contributed by atoms with van der Waals surface area (Å²) in [6.45, 7) is 0.657. The van der Waals surface area contributed by atoms with Crippen LogP contribution in [0.15, 0.2) is 23.0 Å². The van der Waals surface area contributed by atoms with Gasteiger partial charge in [0.2, 0.25) is 0 Å². The number of aromatic hydroxyl groups is 1. The highest BCUT2D eigenvalue weighted by Crippen LogP contribution is 2.25. The van der Waals surface area contributed by atoms with Crippen molar-refractivity contribution in [3.05, 3.63) is 24.3 Å². The van der Waals surface area contributed by atoms with E-state index in [4.69, 9.17) is 9.26 Å². The topological polar surface area (TPSA) is 81.3 Å². The van der Waals surface area contributed by atoms with E-state index in [1.54, 1.807) is 19.4 Å². The average Bonchev–Trinajstić information content (AvgIpc) is 2.79. The molecule has 0 amide bonds. The number of pyridine rings is 1. The predicted octanol–water partition coefficient (Wildman–Crippen LogP) is 1.42. The summed E-state index contributed by atoms with van der Waals surface area (Å²) in [6.07, 6.45) is 4.41. The second kappa shape index (κ2) is 5.40. The molecule has 17 heavy (non-hydrogen) atoms. The number of methoxy groups -OCH3 is 1. The van der Waals surface area contributed by atoms with Gasteiger partial charge >= 0.3 is 0 Å². The first-order valence-corrected chi connectivity index (χ1v) is 5.26. The minimum absolute atomic E-state index is 0.0274. The van der Waals surface area contributed by atoms with E-state index in [0.29, 0.717) is 30.3 Å². The fraction of sp³-hybridized carbons (Fsp3) is 0.364. The van der Waals surface area contributed by atoms with Crippen LogP contribution in [0.2, 0.25) is 0 Å². The fourth-order valence-corrected chi connectivity index (χ4v) is 1.41. The monoisotopic (exact) mass is 235 g/mol. The summed E-state index contributed by atoms with van der Waals surface area (Å²) >= 11 is 0. The lowest BCUT2D eigenvalue weighted by Gasteiger charge is -1.96. The molecule has 1 N–H and O–H groups in total. The molecule has 0 bridgehead atoms. The summed E-state index contributed by atoms with van der Waals surface area (Å²) in [6, 6.07) is 1.63. The average molecular weight is 235 g/mol. The minimum atomic E-state index is 0.0274. The van der Waals surface area contributed by atoms with Gasteiger partial charge in [-0.1, -0.05) is 5.16 Å². The number of hydrogen-bond donors (Lipinski definition) is 1. The van der Waals surface area contributed by atoms with Gasteiger partial charge in [-0.25, -0.2) is 0 Å². The molecule has 2 rings (SSSR count). The maximum atomic E-state index is 9.58. The van der Waals surface area contributed by atoms with E-state index in [-0.39, 0.29) is 5.75 Å². The molecule has 0 saturated heterocycles. The number of aryl methyl sites for hydroxylation is 1. The molecule has 0 aliphatic rings. The number of ether oxygens (including phenoxy) is 1. The quantitative estimate of drug-likeness (QED) is 0.789. The molecule has 2 heterocycles. The van der Waals surface area contributed by atoms with Crippen molar-refractivity contribution in [2.45, 2.75) is 12.8 Å². The van der Waals surface area contributed by atoms with Crippen molar-refractivity contribution < 1.29 is 14.4 Å². The Kier molecular flexibility index (Phi) is 3.66.